The van der Waals surface area contributed by atoms with Crippen molar-refractivity contribution in [3.05, 3.63) is 29.0 Å². The average molecular weight is 340 g/mol. The van der Waals surface area contributed by atoms with E-state index in [1.807, 2.05) is 0 Å². The van der Waals surface area contributed by atoms with Crippen LogP contribution < -0.4 is 4.72 Å². The Hall–Kier alpha value is -1.71. The Kier molecular flexibility index (Phi) is 5.64. The third-order valence-corrected chi connectivity index (χ3v) is 4.17. The van der Waals surface area contributed by atoms with Crippen molar-refractivity contribution < 1.29 is 32.6 Å². The molecule has 1 aromatic carbocycles. The standard InChI is InChI=1S/C11H11ClFNO6S/c12-6-1-3-9(7(13)5-6)21(19,20)14-8(11(17)18)2-4-10(15)16/h1,3,5,8,14H,2,4H2,(H,15,16)(H,17,18). The zero-order valence-corrected chi connectivity index (χ0v) is 12.0. The van der Waals surface area contributed by atoms with Crippen LogP contribution in [0.25, 0.3) is 0 Å². The third-order valence-electron chi connectivity index (χ3n) is 2.43. The number of nitrogens with one attached hydrogen (secondary N) is 1. The van der Waals surface area contributed by atoms with Crippen molar-refractivity contribution in [2.75, 3.05) is 0 Å². The number of hydrogen-bond donors (Lipinski definition) is 3. The van der Waals surface area contributed by atoms with Gasteiger partial charge in [0.1, 0.15) is 16.8 Å². The molecule has 0 aliphatic rings. The van der Waals surface area contributed by atoms with E-state index < -0.39 is 51.6 Å². The van der Waals surface area contributed by atoms with Gasteiger partial charge in [0, 0.05) is 11.4 Å². The molecule has 1 aromatic rings. The van der Waals surface area contributed by atoms with Crippen LogP contribution in [0, 0.1) is 5.82 Å². The number of carboxylic acids is 2. The molecule has 0 radical (unpaired) electrons. The molecule has 0 aromatic heterocycles. The molecule has 0 spiro atoms. The SMILES string of the molecule is O=C(O)CCC(NS(=O)(=O)c1ccc(Cl)cc1F)C(=O)O. The minimum absolute atomic E-state index is 0.0212. The van der Waals surface area contributed by atoms with Crippen LogP contribution in [0.1, 0.15) is 12.8 Å². The molecule has 1 atom stereocenters. The van der Waals surface area contributed by atoms with Gasteiger partial charge in [-0.2, -0.15) is 4.72 Å². The first-order chi connectivity index (χ1) is 9.63. The van der Waals surface area contributed by atoms with Gasteiger partial charge in [-0.3, -0.25) is 9.59 Å². The third kappa shape index (κ3) is 4.96. The van der Waals surface area contributed by atoms with Crippen LogP contribution in [-0.4, -0.2) is 36.6 Å². The number of hydrogen-bond acceptors (Lipinski definition) is 4. The minimum atomic E-state index is -4.46. The summed E-state index contributed by atoms with van der Waals surface area (Å²) < 4.78 is 39.2. The van der Waals surface area contributed by atoms with Crippen molar-refractivity contribution >= 4 is 33.6 Å². The maximum absolute atomic E-state index is 13.6. The van der Waals surface area contributed by atoms with E-state index >= 15 is 0 Å². The highest BCUT2D eigenvalue weighted by Gasteiger charge is 2.27. The summed E-state index contributed by atoms with van der Waals surface area (Å²) in [5.74, 6) is -3.98. The summed E-state index contributed by atoms with van der Waals surface area (Å²) in [7, 11) is -4.46. The number of carbonyl (C=O) groups is 2. The van der Waals surface area contributed by atoms with Crippen LogP contribution >= 0.6 is 11.6 Å². The molecule has 0 fully saturated rings. The number of aliphatic carboxylic acids is 2. The highest BCUT2D eigenvalue weighted by molar-refractivity contribution is 7.89. The molecule has 21 heavy (non-hydrogen) atoms. The van der Waals surface area contributed by atoms with Gasteiger partial charge in [-0.25, -0.2) is 12.8 Å². The van der Waals surface area contributed by atoms with Crippen molar-refractivity contribution in [3.8, 4) is 0 Å². The fourth-order valence-corrected chi connectivity index (χ4v) is 2.89. The molecule has 1 rings (SSSR count). The molecule has 3 N–H and O–H groups in total. The summed E-state index contributed by atoms with van der Waals surface area (Å²) >= 11 is 5.49. The van der Waals surface area contributed by atoms with E-state index in [1.54, 1.807) is 4.72 Å². The maximum Gasteiger partial charge on any atom is 0.321 e. The highest BCUT2D eigenvalue weighted by atomic mass is 35.5. The predicted octanol–water partition coefficient (Wildman–Crippen LogP) is 1.08. The van der Waals surface area contributed by atoms with E-state index in [0.717, 1.165) is 18.2 Å². The maximum atomic E-state index is 13.6. The van der Waals surface area contributed by atoms with Gasteiger partial charge >= 0.3 is 11.9 Å². The normalized spacial score (nSPS) is 12.9. The molecule has 7 nitrogen and oxygen atoms in total. The molecule has 0 aliphatic carbocycles. The molecule has 0 aliphatic heterocycles. The number of benzene rings is 1. The van der Waals surface area contributed by atoms with Gasteiger partial charge in [-0.1, -0.05) is 11.6 Å². The minimum Gasteiger partial charge on any atom is -0.481 e. The van der Waals surface area contributed by atoms with Crippen LogP contribution in [-0.2, 0) is 19.6 Å². The van der Waals surface area contributed by atoms with Gasteiger partial charge in [0.25, 0.3) is 0 Å². The molecule has 0 saturated heterocycles. The Bertz CT molecular complexity index is 663. The summed E-state index contributed by atoms with van der Waals surface area (Å²) in [6, 6.07) is 1.10. The Morgan fingerprint density at radius 1 is 1.33 bits per heavy atom. The van der Waals surface area contributed by atoms with Gasteiger partial charge in [-0.15, -0.1) is 0 Å². The fourth-order valence-electron chi connectivity index (χ4n) is 1.44. The van der Waals surface area contributed by atoms with Gasteiger partial charge in [0.05, 0.1) is 0 Å². The van der Waals surface area contributed by atoms with Crippen molar-refractivity contribution in [2.45, 2.75) is 23.8 Å². The van der Waals surface area contributed by atoms with Crippen LogP contribution in [0.15, 0.2) is 23.1 Å². The quantitative estimate of drug-likeness (QED) is 0.683. The molecule has 0 bridgehead atoms. The monoisotopic (exact) mass is 339 g/mol. The summed E-state index contributed by atoms with van der Waals surface area (Å²) in [5, 5.41) is 17.3. The van der Waals surface area contributed by atoms with Crippen LogP contribution in [0.3, 0.4) is 0 Å². The largest absolute Gasteiger partial charge is 0.481 e. The van der Waals surface area contributed by atoms with Crippen LogP contribution in [0.5, 0.6) is 0 Å². The van der Waals surface area contributed by atoms with Gasteiger partial charge in [-0.05, 0) is 24.6 Å². The molecule has 0 heterocycles. The Morgan fingerprint density at radius 3 is 2.43 bits per heavy atom. The first-order valence-corrected chi connectivity index (χ1v) is 7.41. The topological polar surface area (TPSA) is 121 Å². The Morgan fingerprint density at radius 2 is 1.95 bits per heavy atom. The zero-order valence-electron chi connectivity index (χ0n) is 10.4. The lowest BCUT2D eigenvalue weighted by atomic mass is 10.2. The average Bonchev–Trinajstić information content (AvgIpc) is 2.33. The van der Waals surface area contributed by atoms with E-state index in [1.165, 1.54) is 0 Å². The second-order valence-corrected chi connectivity index (χ2v) is 6.14. The van der Waals surface area contributed by atoms with Gasteiger partial charge in [0.15, 0.2) is 0 Å². The van der Waals surface area contributed by atoms with Crippen molar-refractivity contribution in [1.82, 2.24) is 4.72 Å². The smallest absolute Gasteiger partial charge is 0.321 e. The Labute approximate surface area is 124 Å². The zero-order chi connectivity index (χ0) is 16.2. The summed E-state index contributed by atoms with van der Waals surface area (Å²) in [5.41, 5.74) is 0. The second kappa shape index (κ2) is 6.83. The van der Waals surface area contributed by atoms with Gasteiger partial charge < -0.3 is 10.2 Å². The molecular formula is C11H11ClFNO6S. The van der Waals surface area contributed by atoms with Crippen LogP contribution in [0.2, 0.25) is 5.02 Å². The van der Waals surface area contributed by atoms with Crippen molar-refractivity contribution in [2.24, 2.45) is 0 Å². The summed E-state index contributed by atoms with van der Waals surface area (Å²) in [6.07, 6.45) is -1.03. The predicted molar refractivity (Wildman–Crippen MR) is 70.0 cm³/mol. The number of sulfonamides is 1. The molecule has 1 unspecified atom stereocenters. The molecule has 10 heteroatoms. The number of rotatable bonds is 7. The first kappa shape index (κ1) is 17.3. The summed E-state index contributed by atoms with van der Waals surface area (Å²) in [4.78, 5) is 20.6. The van der Waals surface area contributed by atoms with Gasteiger partial charge in [0.2, 0.25) is 10.0 Å². The van der Waals surface area contributed by atoms with E-state index in [0.29, 0.717) is 0 Å². The molecule has 0 amide bonds. The Balaban J connectivity index is 3.00. The van der Waals surface area contributed by atoms with Crippen molar-refractivity contribution in [3.63, 3.8) is 0 Å². The lowest BCUT2D eigenvalue weighted by molar-refractivity contribution is -0.140. The van der Waals surface area contributed by atoms with Crippen LogP contribution in [0.4, 0.5) is 4.39 Å². The first-order valence-electron chi connectivity index (χ1n) is 5.55. The molecular weight excluding hydrogens is 329 g/mol. The second-order valence-electron chi connectivity index (χ2n) is 4.02. The fraction of sp³-hybridized carbons (Fsp3) is 0.273. The van der Waals surface area contributed by atoms with E-state index in [9.17, 15) is 22.4 Å². The number of carboxylic acid groups (broad SMARTS) is 2. The van der Waals surface area contributed by atoms with Crippen molar-refractivity contribution in [1.29, 1.82) is 0 Å². The lowest BCUT2D eigenvalue weighted by Gasteiger charge is -2.14. The van der Waals surface area contributed by atoms with E-state index in [-0.39, 0.29) is 5.02 Å². The molecule has 116 valence electrons. The van der Waals surface area contributed by atoms with E-state index in [4.69, 9.17) is 21.8 Å². The van der Waals surface area contributed by atoms with E-state index in [2.05, 4.69) is 0 Å². The number of halogens is 2. The molecule has 0 saturated carbocycles. The summed E-state index contributed by atoms with van der Waals surface area (Å²) in [6.45, 7) is 0. The highest BCUT2D eigenvalue weighted by Crippen LogP contribution is 2.19. The lowest BCUT2D eigenvalue weighted by Crippen LogP contribution is -2.41.